The molecule has 6 rings (SSSR count). The molecule has 0 fully saturated rings. The van der Waals surface area contributed by atoms with Crippen LogP contribution in [0.3, 0.4) is 0 Å². The summed E-state index contributed by atoms with van der Waals surface area (Å²) >= 11 is 0. The van der Waals surface area contributed by atoms with Crippen LogP contribution in [0.2, 0.25) is 0 Å². The molecule has 0 radical (unpaired) electrons. The van der Waals surface area contributed by atoms with E-state index in [1.807, 2.05) is 97.9 Å². The van der Waals surface area contributed by atoms with Gasteiger partial charge in [-0.3, -0.25) is 14.5 Å². The van der Waals surface area contributed by atoms with Crippen LogP contribution in [-0.4, -0.2) is 11.7 Å². The topological polar surface area (TPSA) is 62.6 Å². The molecule has 0 spiro atoms. The van der Waals surface area contributed by atoms with Gasteiger partial charge in [-0.25, -0.2) is 0 Å². The van der Waals surface area contributed by atoms with Crippen LogP contribution in [0.5, 0.6) is 0 Å². The molecular weight excluding hydrogens is 448 g/mol. The van der Waals surface area contributed by atoms with Gasteiger partial charge in [0.2, 0.25) is 0 Å². The van der Waals surface area contributed by atoms with Gasteiger partial charge in [0.25, 0.3) is 5.91 Å². The molecule has 2 atom stereocenters. The number of benzene rings is 3. The Kier molecular flexibility index (Phi) is 5.53. The zero-order valence-electron chi connectivity index (χ0n) is 20.0. The molecule has 0 unspecified atom stereocenters. The maximum atomic E-state index is 14.1. The number of ketones is 1. The van der Waals surface area contributed by atoms with Crippen LogP contribution in [-0.2, 0) is 4.79 Å². The number of furan rings is 1. The smallest absolute Gasteiger partial charge is 0.259 e. The Morgan fingerprint density at radius 1 is 0.889 bits per heavy atom. The number of carbonyl (C=O) groups excluding carboxylic acids is 2. The predicted octanol–water partition coefficient (Wildman–Crippen LogP) is 6.80. The fraction of sp³-hybridized carbons (Fsp3) is 0.161. The van der Waals surface area contributed by atoms with E-state index in [0.717, 1.165) is 34.0 Å². The van der Waals surface area contributed by atoms with Crippen molar-refractivity contribution in [2.45, 2.75) is 31.7 Å². The number of rotatable bonds is 3. The summed E-state index contributed by atoms with van der Waals surface area (Å²) in [5.74, 6) is 0.624. The van der Waals surface area contributed by atoms with Gasteiger partial charge in [0.05, 0.1) is 23.7 Å². The third-order valence-corrected chi connectivity index (χ3v) is 7.07. The lowest BCUT2D eigenvalue weighted by molar-refractivity contribution is -0.116. The van der Waals surface area contributed by atoms with Crippen molar-refractivity contribution in [1.29, 1.82) is 0 Å². The van der Waals surface area contributed by atoms with E-state index in [1.165, 1.54) is 0 Å². The maximum absolute atomic E-state index is 14.1. The first kappa shape index (κ1) is 22.1. The van der Waals surface area contributed by atoms with Crippen LogP contribution >= 0.6 is 0 Å². The molecule has 36 heavy (non-hydrogen) atoms. The molecule has 0 bridgehead atoms. The number of Topliss-reactive ketones (excluding diaryl/α,β-unsaturated/α-hetero) is 1. The van der Waals surface area contributed by atoms with Crippen LogP contribution < -0.4 is 10.2 Å². The second kappa shape index (κ2) is 9.00. The third-order valence-electron chi connectivity index (χ3n) is 7.07. The first-order valence-corrected chi connectivity index (χ1v) is 12.2. The minimum Gasteiger partial charge on any atom is -0.469 e. The highest BCUT2D eigenvalue weighted by Gasteiger charge is 2.42. The Labute approximate surface area is 210 Å². The van der Waals surface area contributed by atoms with Crippen molar-refractivity contribution >= 4 is 23.1 Å². The highest BCUT2D eigenvalue weighted by Crippen LogP contribution is 2.47. The zero-order chi connectivity index (χ0) is 24.6. The molecule has 1 aromatic heterocycles. The number of hydrogen-bond donors (Lipinski definition) is 1. The van der Waals surface area contributed by atoms with Crippen molar-refractivity contribution in [3.8, 4) is 0 Å². The van der Waals surface area contributed by atoms with Crippen molar-refractivity contribution in [3.63, 3.8) is 0 Å². The second-order valence-electron chi connectivity index (χ2n) is 9.43. The number of nitrogens with zero attached hydrogens (tertiary/aromatic N) is 1. The highest BCUT2D eigenvalue weighted by atomic mass is 16.3. The van der Waals surface area contributed by atoms with Gasteiger partial charge in [0, 0.05) is 29.2 Å². The number of nitrogens with one attached hydrogen (secondary N) is 1. The van der Waals surface area contributed by atoms with E-state index < -0.39 is 6.04 Å². The van der Waals surface area contributed by atoms with E-state index in [-0.39, 0.29) is 17.6 Å². The fourth-order valence-corrected chi connectivity index (χ4v) is 5.32. The number of hydrogen-bond acceptors (Lipinski definition) is 4. The van der Waals surface area contributed by atoms with Gasteiger partial charge >= 0.3 is 0 Å². The van der Waals surface area contributed by atoms with Crippen molar-refractivity contribution in [1.82, 2.24) is 0 Å². The molecule has 1 aliphatic carbocycles. The molecule has 1 aliphatic heterocycles. The summed E-state index contributed by atoms with van der Waals surface area (Å²) in [6.45, 7) is 2.03. The zero-order valence-corrected chi connectivity index (χ0v) is 20.0. The lowest BCUT2D eigenvalue weighted by Crippen LogP contribution is -2.38. The van der Waals surface area contributed by atoms with Crippen molar-refractivity contribution in [3.05, 3.63) is 131 Å². The van der Waals surface area contributed by atoms with Gasteiger partial charge in [-0.05, 0) is 55.3 Å². The van der Waals surface area contributed by atoms with E-state index in [4.69, 9.17) is 4.42 Å². The van der Waals surface area contributed by atoms with Crippen molar-refractivity contribution < 1.29 is 14.0 Å². The molecule has 2 aliphatic rings. The largest absolute Gasteiger partial charge is 0.469 e. The van der Waals surface area contributed by atoms with Crippen LogP contribution in [0.25, 0.3) is 0 Å². The number of para-hydroxylation sites is 2. The maximum Gasteiger partial charge on any atom is 0.259 e. The lowest BCUT2D eigenvalue weighted by atomic mass is 9.80. The number of amides is 1. The summed E-state index contributed by atoms with van der Waals surface area (Å²) < 4.78 is 5.68. The number of carbonyl (C=O) groups is 2. The summed E-state index contributed by atoms with van der Waals surface area (Å²) in [4.78, 5) is 29.9. The molecule has 1 N–H and O–H groups in total. The van der Waals surface area contributed by atoms with Gasteiger partial charge < -0.3 is 9.73 Å². The minimum absolute atomic E-state index is 0.0226. The summed E-state index contributed by atoms with van der Waals surface area (Å²) in [5.41, 5.74) is 5.63. The molecule has 5 heteroatoms. The van der Waals surface area contributed by atoms with Gasteiger partial charge in [-0.1, -0.05) is 60.2 Å². The van der Waals surface area contributed by atoms with E-state index in [1.54, 1.807) is 11.2 Å². The third kappa shape index (κ3) is 3.83. The number of allylic oxidation sites excluding steroid dienone is 1. The Morgan fingerprint density at radius 2 is 1.64 bits per heavy atom. The molecule has 5 nitrogen and oxygen atoms in total. The number of aryl methyl sites for hydroxylation is 1. The second-order valence-corrected chi connectivity index (χ2v) is 9.43. The fourth-order valence-electron chi connectivity index (χ4n) is 5.32. The number of fused-ring (bicyclic) bond motifs is 1. The van der Waals surface area contributed by atoms with Gasteiger partial charge in [0.15, 0.2) is 5.78 Å². The minimum atomic E-state index is -0.561. The number of anilines is 2. The Balaban J connectivity index is 1.58. The van der Waals surface area contributed by atoms with Crippen LogP contribution in [0.4, 0.5) is 11.4 Å². The van der Waals surface area contributed by atoms with Crippen molar-refractivity contribution in [2.24, 2.45) is 0 Å². The monoisotopic (exact) mass is 474 g/mol. The average molecular weight is 475 g/mol. The van der Waals surface area contributed by atoms with E-state index in [2.05, 4.69) is 5.32 Å². The summed E-state index contributed by atoms with van der Waals surface area (Å²) in [7, 11) is 0. The highest BCUT2D eigenvalue weighted by molar-refractivity contribution is 6.12. The predicted molar refractivity (Wildman–Crippen MR) is 140 cm³/mol. The van der Waals surface area contributed by atoms with E-state index >= 15 is 0 Å². The Hall–Kier alpha value is -4.38. The molecule has 2 heterocycles. The van der Waals surface area contributed by atoms with Crippen LogP contribution in [0, 0.1) is 6.92 Å². The van der Waals surface area contributed by atoms with Gasteiger partial charge in [-0.2, -0.15) is 0 Å². The summed E-state index contributed by atoms with van der Waals surface area (Å²) in [6, 6.07) is 28.4. The van der Waals surface area contributed by atoms with Gasteiger partial charge in [0.1, 0.15) is 5.76 Å². The molecule has 4 aromatic rings. The van der Waals surface area contributed by atoms with Gasteiger partial charge in [-0.15, -0.1) is 0 Å². The SMILES string of the molecule is Cc1ccc([C@@H]2C3=C(C[C@@H](c4ccco4)CC3=O)Nc3ccccc3N2C(=O)c2ccccc2)cc1. The Bertz CT molecular complexity index is 1450. The van der Waals surface area contributed by atoms with Crippen LogP contribution in [0.1, 0.15) is 52.0 Å². The normalized spacial score (nSPS) is 19.2. The van der Waals surface area contributed by atoms with Crippen molar-refractivity contribution in [2.75, 3.05) is 10.2 Å². The molecule has 0 saturated carbocycles. The lowest BCUT2D eigenvalue weighted by Gasteiger charge is -2.35. The van der Waals surface area contributed by atoms with E-state index in [9.17, 15) is 9.59 Å². The first-order chi connectivity index (χ1) is 17.6. The first-order valence-electron chi connectivity index (χ1n) is 12.2. The summed E-state index contributed by atoms with van der Waals surface area (Å²) in [6.07, 6.45) is 2.60. The average Bonchev–Trinajstić information content (AvgIpc) is 3.40. The summed E-state index contributed by atoms with van der Waals surface area (Å²) in [5, 5.41) is 3.55. The molecule has 0 saturated heterocycles. The molecule has 3 aromatic carbocycles. The molecular formula is C31H26N2O3. The molecule has 178 valence electrons. The van der Waals surface area contributed by atoms with E-state index in [0.29, 0.717) is 24.0 Å². The Morgan fingerprint density at radius 3 is 2.39 bits per heavy atom. The quantitative estimate of drug-likeness (QED) is 0.355. The van der Waals surface area contributed by atoms with Crippen LogP contribution in [0.15, 0.2) is 113 Å². The standard InChI is InChI=1S/C31H26N2O3/c1-20-13-15-21(16-14-20)30-29-25(18-23(19-27(29)34)28-12-7-17-36-28)32-24-10-5-6-11-26(24)33(30)31(35)22-8-3-2-4-9-22/h2-17,23,30,32H,18-19H2,1H3/t23-,30-/m1/s1. The molecule has 1 amide bonds.